The van der Waals surface area contributed by atoms with Gasteiger partial charge in [-0.05, 0) is 50.6 Å². The number of methoxy groups -OCH3 is 1. The number of ketones is 1. The first-order valence-electron chi connectivity index (χ1n) is 7.41. The molecule has 0 saturated heterocycles. The predicted molar refractivity (Wildman–Crippen MR) is 88.5 cm³/mol. The third-order valence-electron chi connectivity index (χ3n) is 4.16. The van der Waals surface area contributed by atoms with Gasteiger partial charge in [0.1, 0.15) is 11.5 Å². The van der Waals surface area contributed by atoms with Crippen LogP contribution in [0.3, 0.4) is 0 Å². The van der Waals surface area contributed by atoms with Crippen LogP contribution >= 0.6 is 12.4 Å². The number of nitrogens with zero attached hydrogens (tertiary/aromatic N) is 1. The van der Waals surface area contributed by atoms with Crippen molar-refractivity contribution in [1.82, 2.24) is 4.90 Å². The van der Waals surface area contributed by atoms with Crippen molar-refractivity contribution in [2.24, 2.45) is 5.92 Å². The molecular formula is C17H26ClNO2. The normalized spacial score (nSPS) is 22.6. The molecule has 21 heavy (non-hydrogen) atoms. The van der Waals surface area contributed by atoms with Crippen LogP contribution in [0.2, 0.25) is 0 Å². The minimum absolute atomic E-state index is 0. The summed E-state index contributed by atoms with van der Waals surface area (Å²) in [5, 5.41) is 0. The molecule has 1 saturated carbocycles. The Balaban J connectivity index is 0.00000220. The van der Waals surface area contributed by atoms with Gasteiger partial charge in [0.2, 0.25) is 0 Å². The van der Waals surface area contributed by atoms with E-state index in [1.54, 1.807) is 7.11 Å². The number of hydrogen-bond donors (Lipinski definition) is 0. The average Bonchev–Trinajstić information content (AvgIpc) is 2.61. The Bertz CT molecular complexity index is 462. The number of benzene rings is 1. The van der Waals surface area contributed by atoms with Crippen LogP contribution in [0.5, 0.6) is 5.75 Å². The second kappa shape index (κ2) is 8.40. The summed E-state index contributed by atoms with van der Waals surface area (Å²) in [6.07, 6.45) is 3.93. The lowest BCUT2D eigenvalue weighted by Crippen LogP contribution is -2.27. The molecule has 1 fully saturated rings. The Hall–Kier alpha value is -1.06. The van der Waals surface area contributed by atoms with Gasteiger partial charge in [-0.25, -0.2) is 0 Å². The highest BCUT2D eigenvalue weighted by molar-refractivity contribution is 5.85. The Morgan fingerprint density at radius 3 is 2.71 bits per heavy atom. The number of carbonyl (C=O) groups is 1. The molecule has 0 N–H and O–H groups in total. The molecule has 118 valence electrons. The molecule has 0 aliphatic heterocycles. The maximum atomic E-state index is 12.4. The van der Waals surface area contributed by atoms with Gasteiger partial charge in [0.25, 0.3) is 0 Å². The fraction of sp³-hybridized carbons (Fsp3) is 0.588. The lowest BCUT2D eigenvalue weighted by Gasteiger charge is -2.18. The van der Waals surface area contributed by atoms with Crippen molar-refractivity contribution >= 4 is 18.2 Å². The molecule has 0 spiro atoms. The topological polar surface area (TPSA) is 29.5 Å². The summed E-state index contributed by atoms with van der Waals surface area (Å²) in [6.45, 7) is 0.879. The second-order valence-electron chi connectivity index (χ2n) is 6.03. The minimum Gasteiger partial charge on any atom is -0.497 e. The van der Waals surface area contributed by atoms with Crippen LogP contribution in [0.1, 0.15) is 37.2 Å². The third-order valence-corrected chi connectivity index (χ3v) is 4.16. The van der Waals surface area contributed by atoms with E-state index in [0.29, 0.717) is 18.1 Å². The van der Waals surface area contributed by atoms with Gasteiger partial charge in [-0.1, -0.05) is 18.6 Å². The van der Waals surface area contributed by atoms with Crippen molar-refractivity contribution in [3.63, 3.8) is 0 Å². The molecule has 0 aromatic heterocycles. The molecule has 0 heterocycles. The molecule has 2 unspecified atom stereocenters. The highest BCUT2D eigenvalue weighted by Crippen LogP contribution is 2.33. The number of Topliss-reactive ketones (excluding diaryl/α,β-unsaturated/α-hetero) is 1. The van der Waals surface area contributed by atoms with E-state index in [-0.39, 0.29) is 18.3 Å². The lowest BCUT2D eigenvalue weighted by molar-refractivity contribution is -0.123. The minimum atomic E-state index is 0. The molecule has 1 aliphatic rings. The summed E-state index contributed by atoms with van der Waals surface area (Å²) in [6, 6.07) is 8.16. The second-order valence-corrected chi connectivity index (χ2v) is 6.03. The van der Waals surface area contributed by atoms with Gasteiger partial charge >= 0.3 is 0 Å². The van der Waals surface area contributed by atoms with E-state index in [0.717, 1.165) is 31.6 Å². The first kappa shape index (κ1) is 18.0. The van der Waals surface area contributed by atoms with Crippen LogP contribution in [-0.4, -0.2) is 38.4 Å². The number of hydrogen-bond acceptors (Lipinski definition) is 3. The molecule has 1 aliphatic carbocycles. The van der Waals surface area contributed by atoms with Gasteiger partial charge in [-0.2, -0.15) is 0 Å². The Labute approximate surface area is 134 Å². The SMILES string of the molecule is COc1cccc(C2CCCC(CN(C)C)C(=O)C2)c1.Cl. The van der Waals surface area contributed by atoms with E-state index in [1.165, 1.54) is 5.56 Å². The first-order valence-corrected chi connectivity index (χ1v) is 7.41. The molecule has 1 aromatic carbocycles. The Morgan fingerprint density at radius 1 is 1.29 bits per heavy atom. The van der Waals surface area contributed by atoms with Crippen LogP contribution in [0.4, 0.5) is 0 Å². The fourth-order valence-electron chi connectivity index (χ4n) is 3.10. The fourth-order valence-corrected chi connectivity index (χ4v) is 3.10. The molecule has 3 nitrogen and oxygen atoms in total. The Morgan fingerprint density at radius 2 is 2.05 bits per heavy atom. The largest absolute Gasteiger partial charge is 0.497 e. The summed E-state index contributed by atoms with van der Waals surface area (Å²) in [7, 11) is 5.76. The zero-order valence-electron chi connectivity index (χ0n) is 13.2. The monoisotopic (exact) mass is 311 g/mol. The zero-order valence-corrected chi connectivity index (χ0v) is 14.0. The zero-order chi connectivity index (χ0) is 14.5. The lowest BCUT2D eigenvalue weighted by atomic mass is 9.90. The van der Waals surface area contributed by atoms with Gasteiger partial charge in [0.05, 0.1) is 7.11 Å². The highest BCUT2D eigenvalue weighted by Gasteiger charge is 2.27. The van der Waals surface area contributed by atoms with E-state index in [1.807, 2.05) is 26.2 Å². The number of halogens is 1. The molecule has 1 aromatic rings. The molecule has 2 rings (SSSR count). The van der Waals surface area contributed by atoms with Crippen molar-refractivity contribution in [3.05, 3.63) is 29.8 Å². The van der Waals surface area contributed by atoms with Gasteiger partial charge < -0.3 is 9.64 Å². The summed E-state index contributed by atoms with van der Waals surface area (Å²) in [4.78, 5) is 14.5. The average molecular weight is 312 g/mol. The van der Waals surface area contributed by atoms with E-state index in [2.05, 4.69) is 17.0 Å². The molecule has 0 radical (unpaired) electrons. The maximum absolute atomic E-state index is 12.4. The molecule has 0 bridgehead atoms. The molecular weight excluding hydrogens is 286 g/mol. The number of carbonyl (C=O) groups excluding carboxylic acids is 1. The van der Waals surface area contributed by atoms with Crippen molar-refractivity contribution in [3.8, 4) is 5.75 Å². The van der Waals surface area contributed by atoms with Crippen molar-refractivity contribution in [2.45, 2.75) is 31.6 Å². The molecule has 0 amide bonds. The van der Waals surface area contributed by atoms with Crippen molar-refractivity contribution in [1.29, 1.82) is 0 Å². The maximum Gasteiger partial charge on any atom is 0.137 e. The van der Waals surface area contributed by atoms with E-state index in [9.17, 15) is 4.79 Å². The predicted octanol–water partition coefficient (Wildman–Crippen LogP) is 3.52. The molecule has 4 heteroatoms. The van der Waals surface area contributed by atoms with Gasteiger partial charge in [0.15, 0.2) is 0 Å². The first-order chi connectivity index (χ1) is 9.60. The Kier molecular flexibility index (Phi) is 7.20. The smallest absolute Gasteiger partial charge is 0.137 e. The quantitative estimate of drug-likeness (QED) is 0.797. The summed E-state index contributed by atoms with van der Waals surface area (Å²) < 4.78 is 5.29. The van der Waals surface area contributed by atoms with Crippen molar-refractivity contribution in [2.75, 3.05) is 27.7 Å². The van der Waals surface area contributed by atoms with Gasteiger partial charge in [-0.15, -0.1) is 12.4 Å². The standard InChI is InChI=1S/C17H25NO2.ClH/c1-18(2)12-15-8-4-6-14(11-17(15)19)13-7-5-9-16(10-13)20-3;/h5,7,9-10,14-15H,4,6,8,11-12H2,1-3H3;1H. The van der Waals surface area contributed by atoms with Crippen LogP contribution in [0.25, 0.3) is 0 Å². The summed E-state index contributed by atoms with van der Waals surface area (Å²) >= 11 is 0. The summed E-state index contributed by atoms with van der Waals surface area (Å²) in [5.41, 5.74) is 1.24. The van der Waals surface area contributed by atoms with E-state index in [4.69, 9.17) is 4.74 Å². The van der Waals surface area contributed by atoms with Gasteiger partial charge in [0, 0.05) is 18.9 Å². The summed E-state index contributed by atoms with van der Waals surface area (Å²) in [5.74, 6) is 1.86. The molecule has 2 atom stereocenters. The van der Waals surface area contributed by atoms with Crippen molar-refractivity contribution < 1.29 is 9.53 Å². The number of ether oxygens (including phenoxy) is 1. The van der Waals surface area contributed by atoms with E-state index >= 15 is 0 Å². The van der Waals surface area contributed by atoms with Crippen LogP contribution in [-0.2, 0) is 4.79 Å². The highest BCUT2D eigenvalue weighted by atomic mass is 35.5. The van der Waals surface area contributed by atoms with Crippen LogP contribution in [0.15, 0.2) is 24.3 Å². The van der Waals surface area contributed by atoms with Crippen LogP contribution < -0.4 is 4.74 Å². The third kappa shape index (κ3) is 5.01. The van der Waals surface area contributed by atoms with Crippen LogP contribution in [0, 0.1) is 5.92 Å². The van der Waals surface area contributed by atoms with E-state index < -0.39 is 0 Å². The van der Waals surface area contributed by atoms with Gasteiger partial charge in [-0.3, -0.25) is 4.79 Å². The number of rotatable bonds is 4.